The Morgan fingerprint density at radius 2 is 2.25 bits per heavy atom. The molecule has 2 aromatic rings. The molecule has 2 heterocycles. The monoisotopic (exact) mass is 344 g/mol. The second kappa shape index (κ2) is 7.49. The van der Waals surface area contributed by atoms with E-state index in [9.17, 15) is 9.59 Å². The second-order valence-electron chi connectivity index (χ2n) is 5.73. The van der Waals surface area contributed by atoms with E-state index in [1.54, 1.807) is 23.3 Å². The van der Waals surface area contributed by atoms with Crippen molar-refractivity contribution in [3.63, 3.8) is 0 Å². The van der Waals surface area contributed by atoms with E-state index in [1.165, 1.54) is 4.88 Å². The quantitative estimate of drug-likeness (QED) is 0.876. The molecule has 1 fully saturated rings. The van der Waals surface area contributed by atoms with Crippen LogP contribution >= 0.6 is 11.3 Å². The van der Waals surface area contributed by atoms with Crippen LogP contribution in [-0.4, -0.2) is 32.0 Å². The van der Waals surface area contributed by atoms with Gasteiger partial charge < -0.3 is 15.0 Å². The molecule has 0 spiro atoms. The molecule has 0 radical (unpaired) electrons. The SMILES string of the molecule is COc1cccc(N2C[C@@H](C(=O)NCCc3cccs3)CC2=O)c1. The van der Waals surface area contributed by atoms with Gasteiger partial charge in [0.05, 0.1) is 13.0 Å². The lowest BCUT2D eigenvalue weighted by molar-refractivity contribution is -0.126. The molecule has 0 bridgehead atoms. The van der Waals surface area contributed by atoms with Crippen LogP contribution in [0.25, 0.3) is 0 Å². The highest BCUT2D eigenvalue weighted by atomic mass is 32.1. The summed E-state index contributed by atoms with van der Waals surface area (Å²) in [5.74, 6) is 0.322. The number of nitrogens with zero attached hydrogens (tertiary/aromatic N) is 1. The van der Waals surface area contributed by atoms with Crippen molar-refractivity contribution < 1.29 is 14.3 Å². The van der Waals surface area contributed by atoms with E-state index in [0.29, 0.717) is 18.8 Å². The van der Waals surface area contributed by atoms with Gasteiger partial charge in [0.15, 0.2) is 0 Å². The van der Waals surface area contributed by atoms with Crippen molar-refractivity contribution in [2.75, 3.05) is 25.1 Å². The van der Waals surface area contributed by atoms with Gasteiger partial charge in [-0.05, 0) is 30.0 Å². The summed E-state index contributed by atoms with van der Waals surface area (Å²) in [4.78, 5) is 27.5. The Bertz CT molecular complexity index is 715. The molecule has 0 unspecified atom stereocenters. The van der Waals surface area contributed by atoms with Gasteiger partial charge in [0, 0.05) is 36.1 Å². The normalized spacial score (nSPS) is 17.1. The van der Waals surface area contributed by atoms with Crippen molar-refractivity contribution in [1.29, 1.82) is 0 Å². The molecule has 1 saturated heterocycles. The van der Waals surface area contributed by atoms with Crippen molar-refractivity contribution in [1.82, 2.24) is 5.32 Å². The Balaban J connectivity index is 1.56. The van der Waals surface area contributed by atoms with Crippen molar-refractivity contribution in [3.05, 3.63) is 46.7 Å². The molecule has 0 aliphatic carbocycles. The van der Waals surface area contributed by atoms with Gasteiger partial charge in [0.1, 0.15) is 5.75 Å². The van der Waals surface area contributed by atoms with Crippen LogP contribution in [0.1, 0.15) is 11.3 Å². The molecule has 0 saturated carbocycles. The minimum Gasteiger partial charge on any atom is -0.497 e. The number of anilines is 1. The van der Waals surface area contributed by atoms with Crippen LogP contribution in [0.3, 0.4) is 0 Å². The summed E-state index contributed by atoms with van der Waals surface area (Å²) in [6, 6.07) is 11.4. The molecule has 2 amide bonds. The van der Waals surface area contributed by atoms with E-state index in [2.05, 4.69) is 11.4 Å². The topological polar surface area (TPSA) is 58.6 Å². The zero-order valence-corrected chi connectivity index (χ0v) is 14.3. The number of amides is 2. The molecule has 6 heteroatoms. The smallest absolute Gasteiger partial charge is 0.227 e. The first-order valence-corrected chi connectivity index (χ1v) is 8.80. The summed E-state index contributed by atoms with van der Waals surface area (Å²) in [6.07, 6.45) is 1.08. The highest BCUT2D eigenvalue weighted by Gasteiger charge is 2.35. The van der Waals surface area contributed by atoms with Crippen LogP contribution in [-0.2, 0) is 16.0 Å². The second-order valence-corrected chi connectivity index (χ2v) is 6.76. The lowest BCUT2D eigenvalue weighted by atomic mass is 10.1. The zero-order chi connectivity index (χ0) is 16.9. The molecule has 1 atom stereocenters. The third-order valence-corrected chi connectivity index (χ3v) is 5.05. The summed E-state index contributed by atoms with van der Waals surface area (Å²) in [5.41, 5.74) is 0.772. The summed E-state index contributed by atoms with van der Waals surface area (Å²) in [6.45, 7) is 1.01. The van der Waals surface area contributed by atoms with E-state index in [-0.39, 0.29) is 24.2 Å². The van der Waals surface area contributed by atoms with E-state index >= 15 is 0 Å². The van der Waals surface area contributed by atoms with Crippen LogP contribution in [0.5, 0.6) is 5.75 Å². The molecule has 3 rings (SSSR count). The molecule has 1 aliphatic rings. The van der Waals surface area contributed by atoms with Crippen molar-refractivity contribution in [2.45, 2.75) is 12.8 Å². The standard InChI is InChI=1S/C18H20N2O3S/c1-23-15-5-2-4-14(11-15)20-12-13(10-17(20)21)18(22)19-8-7-16-6-3-9-24-16/h2-6,9,11,13H,7-8,10,12H2,1H3,(H,19,22)/t13-/m0/s1. The largest absolute Gasteiger partial charge is 0.497 e. The maximum Gasteiger partial charge on any atom is 0.227 e. The van der Waals surface area contributed by atoms with Gasteiger partial charge in [-0.3, -0.25) is 9.59 Å². The fourth-order valence-corrected chi connectivity index (χ4v) is 3.53. The predicted molar refractivity (Wildman–Crippen MR) is 94.5 cm³/mol. The molecular weight excluding hydrogens is 324 g/mol. The molecule has 1 aromatic heterocycles. The Hall–Kier alpha value is -2.34. The molecule has 1 N–H and O–H groups in total. The average molecular weight is 344 g/mol. The maximum absolute atomic E-state index is 12.3. The van der Waals surface area contributed by atoms with Crippen molar-refractivity contribution >= 4 is 28.8 Å². The number of nitrogens with one attached hydrogen (secondary N) is 1. The summed E-state index contributed by atoms with van der Waals surface area (Å²) >= 11 is 1.68. The molecule has 5 nitrogen and oxygen atoms in total. The van der Waals surface area contributed by atoms with E-state index in [0.717, 1.165) is 12.1 Å². The number of rotatable bonds is 6. The molecule has 1 aliphatic heterocycles. The van der Waals surface area contributed by atoms with Crippen molar-refractivity contribution in [3.8, 4) is 5.75 Å². The van der Waals surface area contributed by atoms with E-state index < -0.39 is 0 Å². The summed E-state index contributed by atoms with van der Waals surface area (Å²) in [7, 11) is 1.59. The van der Waals surface area contributed by atoms with Gasteiger partial charge in [-0.15, -0.1) is 11.3 Å². The predicted octanol–water partition coefficient (Wildman–Crippen LogP) is 2.47. The first-order chi connectivity index (χ1) is 11.7. The molecule has 126 valence electrons. The molecule has 1 aromatic carbocycles. The Labute approximate surface area is 145 Å². The van der Waals surface area contributed by atoms with E-state index in [1.807, 2.05) is 35.7 Å². The average Bonchev–Trinajstić information content (AvgIpc) is 3.24. The van der Waals surface area contributed by atoms with Crippen LogP contribution in [0, 0.1) is 5.92 Å². The number of carbonyl (C=O) groups excluding carboxylic acids is 2. The number of ether oxygens (including phenoxy) is 1. The van der Waals surface area contributed by atoms with Gasteiger partial charge in [-0.1, -0.05) is 12.1 Å². The van der Waals surface area contributed by atoms with Crippen molar-refractivity contribution in [2.24, 2.45) is 5.92 Å². The fourth-order valence-electron chi connectivity index (χ4n) is 2.82. The Kier molecular flexibility index (Phi) is 5.15. The van der Waals surface area contributed by atoms with E-state index in [4.69, 9.17) is 4.74 Å². The first kappa shape index (κ1) is 16.5. The lowest BCUT2D eigenvalue weighted by Gasteiger charge is -2.17. The summed E-state index contributed by atoms with van der Waals surface area (Å²) in [5, 5.41) is 4.97. The minimum atomic E-state index is -0.299. The number of methoxy groups -OCH3 is 1. The third-order valence-electron chi connectivity index (χ3n) is 4.11. The highest BCUT2D eigenvalue weighted by Crippen LogP contribution is 2.27. The van der Waals surface area contributed by atoms with Gasteiger partial charge >= 0.3 is 0 Å². The molecule has 24 heavy (non-hydrogen) atoms. The van der Waals surface area contributed by atoms with Gasteiger partial charge in [-0.2, -0.15) is 0 Å². The maximum atomic E-state index is 12.3. The van der Waals surface area contributed by atoms with Crippen LogP contribution < -0.4 is 15.0 Å². The molecular formula is C18H20N2O3S. The number of benzene rings is 1. The number of hydrogen-bond acceptors (Lipinski definition) is 4. The lowest BCUT2D eigenvalue weighted by Crippen LogP contribution is -2.34. The number of hydrogen-bond donors (Lipinski definition) is 1. The Morgan fingerprint density at radius 3 is 3.00 bits per heavy atom. The first-order valence-electron chi connectivity index (χ1n) is 7.92. The summed E-state index contributed by atoms with van der Waals surface area (Å²) < 4.78 is 5.20. The van der Waals surface area contributed by atoms with Gasteiger partial charge in [0.2, 0.25) is 11.8 Å². The highest BCUT2D eigenvalue weighted by molar-refractivity contribution is 7.09. The number of carbonyl (C=O) groups is 2. The third kappa shape index (κ3) is 3.76. The van der Waals surface area contributed by atoms with Crippen LogP contribution in [0.2, 0.25) is 0 Å². The van der Waals surface area contributed by atoms with Gasteiger partial charge in [0.25, 0.3) is 0 Å². The van der Waals surface area contributed by atoms with Crippen LogP contribution in [0.4, 0.5) is 5.69 Å². The number of thiophene rings is 1. The minimum absolute atomic E-state index is 0.0262. The zero-order valence-electron chi connectivity index (χ0n) is 13.5. The Morgan fingerprint density at radius 1 is 1.38 bits per heavy atom. The van der Waals surface area contributed by atoms with Crippen LogP contribution in [0.15, 0.2) is 41.8 Å². The van der Waals surface area contributed by atoms with Gasteiger partial charge in [-0.25, -0.2) is 0 Å². The fraction of sp³-hybridized carbons (Fsp3) is 0.333.